The minimum atomic E-state index is -0.387. The van der Waals surface area contributed by atoms with Gasteiger partial charge in [-0.3, -0.25) is 0 Å². The van der Waals surface area contributed by atoms with Gasteiger partial charge in [-0.05, 0) is 30.3 Å². The fourth-order valence-electron chi connectivity index (χ4n) is 2.41. The second-order valence-electron chi connectivity index (χ2n) is 4.94. The van der Waals surface area contributed by atoms with Gasteiger partial charge in [-0.25, -0.2) is 4.98 Å². The molecule has 2 heterocycles. The molecular weight excluding hydrogens is 304 g/mol. The van der Waals surface area contributed by atoms with Gasteiger partial charge in [0.15, 0.2) is 6.29 Å². The molecule has 22 heavy (non-hydrogen) atoms. The Morgan fingerprint density at radius 1 is 1.09 bits per heavy atom. The van der Waals surface area contributed by atoms with E-state index < -0.39 is 0 Å². The van der Waals surface area contributed by atoms with Crippen LogP contribution in [-0.4, -0.2) is 23.2 Å². The van der Waals surface area contributed by atoms with E-state index in [9.17, 15) is 0 Å². The van der Waals surface area contributed by atoms with Gasteiger partial charge >= 0.3 is 0 Å². The van der Waals surface area contributed by atoms with Crippen LogP contribution in [0, 0.1) is 0 Å². The first kappa shape index (κ1) is 13.6. The number of halogens is 1. The van der Waals surface area contributed by atoms with E-state index in [2.05, 4.69) is 9.97 Å². The number of ether oxygens (including phenoxy) is 3. The molecule has 1 aliphatic heterocycles. The van der Waals surface area contributed by atoms with E-state index in [1.807, 2.05) is 30.3 Å². The number of benzene rings is 2. The summed E-state index contributed by atoms with van der Waals surface area (Å²) >= 11 is 6.30. The maximum absolute atomic E-state index is 6.30. The molecule has 1 fully saturated rings. The molecule has 4 rings (SSSR count). The molecule has 1 aromatic heterocycles. The van der Waals surface area contributed by atoms with E-state index in [-0.39, 0.29) is 6.29 Å². The molecule has 2 aromatic carbocycles. The molecule has 0 aliphatic carbocycles. The van der Waals surface area contributed by atoms with Gasteiger partial charge in [0.1, 0.15) is 11.5 Å². The largest absolute Gasteiger partial charge is 0.457 e. The Bertz CT molecular complexity index is 812. The lowest BCUT2D eigenvalue weighted by Gasteiger charge is -2.13. The molecule has 5 nitrogen and oxygen atoms in total. The van der Waals surface area contributed by atoms with Crippen LogP contribution >= 0.6 is 11.6 Å². The molecule has 0 radical (unpaired) electrons. The number of fused-ring (bicyclic) bond motifs is 1. The molecule has 0 atom stereocenters. The summed E-state index contributed by atoms with van der Waals surface area (Å²) in [6.45, 7) is 1.17. The van der Waals surface area contributed by atoms with Crippen LogP contribution in [0.1, 0.15) is 11.9 Å². The van der Waals surface area contributed by atoms with Crippen molar-refractivity contribution >= 4 is 22.6 Å². The molecule has 112 valence electrons. The first-order valence-corrected chi connectivity index (χ1v) is 7.31. The zero-order chi connectivity index (χ0) is 14.9. The average Bonchev–Trinajstić information content (AvgIpc) is 3.18. The summed E-state index contributed by atoms with van der Waals surface area (Å²) in [6.07, 6.45) is 1.27. The topological polar surface area (TPSA) is 56.4 Å². The lowest BCUT2D eigenvalue weighted by molar-refractivity contribution is -0.0440. The second kappa shape index (κ2) is 5.61. The highest BCUT2D eigenvalue weighted by Crippen LogP contribution is 2.33. The quantitative estimate of drug-likeness (QED) is 0.792. The van der Waals surface area contributed by atoms with Crippen molar-refractivity contribution in [2.24, 2.45) is 0 Å². The molecule has 0 amide bonds. The van der Waals surface area contributed by atoms with Crippen molar-refractivity contribution in [3.05, 3.63) is 53.3 Å². The minimum Gasteiger partial charge on any atom is -0.457 e. The van der Waals surface area contributed by atoms with E-state index in [4.69, 9.17) is 25.8 Å². The fraction of sp³-hybridized carbons (Fsp3) is 0.188. The molecule has 1 saturated heterocycles. The third-order valence-corrected chi connectivity index (χ3v) is 3.80. The maximum Gasteiger partial charge on any atom is 0.185 e. The predicted molar refractivity (Wildman–Crippen MR) is 82.3 cm³/mol. The maximum atomic E-state index is 6.30. The second-order valence-corrected chi connectivity index (χ2v) is 5.35. The normalized spacial score (nSPS) is 15.5. The minimum absolute atomic E-state index is 0.387. The summed E-state index contributed by atoms with van der Waals surface area (Å²) in [5.41, 5.74) is 2.64. The zero-order valence-electron chi connectivity index (χ0n) is 11.6. The van der Waals surface area contributed by atoms with Crippen molar-refractivity contribution in [2.75, 3.05) is 13.2 Å². The Morgan fingerprint density at radius 3 is 2.68 bits per heavy atom. The molecule has 0 bridgehead atoms. The standard InChI is InChI=1S/C16H13ClN2O3/c17-13-7-10(1-3-12(13)16-20-5-6-21-16)22-11-2-4-14-15(8-11)19-9-18-14/h1-4,7-9,16H,5-6H2,(H,18,19). The lowest BCUT2D eigenvalue weighted by Crippen LogP contribution is -1.99. The zero-order valence-corrected chi connectivity index (χ0v) is 12.3. The van der Waals surface area contributed by atoms with Gasteiger partial charge in [0.2, 0.25) is 0 Å². The molecular formula is C16H13ClN2O3. The van der Waals surface area contributed by atoms with Crippen molar-refractivity contribution in [2.45, 2.75) is 6.29 Å². The molecule has 1 aliphatic rings. The Labute approximate surface area is 131 Å². The van der Waals surface area contributed by atoms with Crippen molar-refractivity contribution in [1.82, 2.24) is 9.97 Å². The number of nitrogens with zero attached hydrogens (tertiary/aromatic N) is 1. The molecule has 3 aromatic rings. The Balaban J connectivity index is 1.58. The third kappa shape index (κ3) is 2.54. The first-order valence-electron chi connectivity index (χ1n) is 6.93. The highest BCUT2D eigenvalue weighted by molar-refractivity contribution is 6.31. The number of nitrogens with one attached hydrogen (secondary N) is 1. The van der Waals surface area contributed by atoms with Gasteiger partial charge in [-0.2, -0.15) is 0 Å². The van der Waals surface area contributed by atoms with Crippen molar-refractivity contribution in [3.63, 3.8) is 0 Å². The van der Waals surface area contributed by atoms with Gasteiger partial charge in [-0.1, -0.05) is 11.6 Å². The van der Waals surface area contributed by atoms with Crippen LogP contribution in [0.3, 0.4) is 0 Å². The molecule has 0 spiro atoms. The summed E-state index contributed by atoms with van der Waals surface area (Å²) in [5, 5.41) is 0.560. The van der Waals surface area contributed by atoms with Gasteiger partial charge in [0.25, 0.3) is 0 Å². The Morgan fingerprint density at radius 2 is 1.86 bits per heavy atom. The van der Waals surface area contributed by atoms with Gasteiger partial charge in [-0.15, -0.1) is 0 Å². The van der Waals surface area contributed by atoms with E-state index >= 15 is 0 Å². The number of hydrogen-bond acceptors (Lipinski definition) is 4. The van der Waals surface area contributed by atoms with Crippen LogP contribution < -0.4 is 4.74 Å². The van der Waals surface area contributed by atoms with Crippen LogP contribution in [0.5, 0.6) is 11.5 Å². The number of aromatic amines is 1. The van der Waals surface area contributed by atoms with Crippen LogP contribution in [-0.2, 0) is 9.47 Å². The number of imidazole rings is 1. The van der Waals surface area contributed by atoms with Gasteiger partial charge in [0.05, 0.1) is 35.6 Å². The Hall–Kier alpha value is -2.08. The van der Waals surface area contributed by atoms with Gasteiger partial charge < -0.3 is 19.2 Å². The monoisotopic (exact) mass is 316 g/mol. The molecule has 0 unspecified atom stereocenters. The van der Waals surface area contributed by atoms with E-state index in [1.54, 1.807) is 12.4 Å². The predicted octanol–water partition coefficient (Wildman–Crippen LogP) is 4.05. The SMILES string of the molecule is Clc1cc(Oc2ccc3[nH]cnc3c2)ccc1C1OCCO1. The van der Waals surface area contributed by atoms with E-state index in [1.165, 1.54) is 0 Å². The highest BCUT2D eigenvalue weighted by Gasteiger charge is 2.21. The molecule has 0 saturated carbocycles. The molecule has 6 heteroatoms. The Kier molecular flexibility index (Phi) is 3.46. The van der Waals surface area contributed by atoms with Crippen LogP contribution in [0.4, 0.5) is 0 Å². The summed E-state index contributed by atoms with van der Waals surface area (Å²) in [5.74, 6) is 1.36. The van der Waals surface area contributed by atoms with Crippen LogP contribution in [0.2, 0.25) is 5.02 Å². The highest BCUT2D eigenvalue weighted by atomic mass is 35.5. The number of H-pyrrole nitrogens is 1. The number of aromatic nitrogens is 2. The summed E-state index contributed by atoms with van der Waals surface area (Å²) in [7, 11) is 0. The summed E-state index contributed by atoms with van der Waals surface area (Å²) in [4.78, 5) is 7.25. The number of hydrogen-bond donors (Lipinski definition) is 1. The first-order chi connectivity index (χ1) is 10.8. The van der Waals surface area contributed by atoms with E-state index in [0.29, 0.717) is 29.7 Å². The lowest BCUT2D eigenvalue weighted by atomic mass is 10.2. The smallest absolute Gasteiger partial charge is 0.185 e. The third-order valence-electron chi connectivity index (χ3n) is 3.48. The van der Waals surface area contributed by atoms with Gasteiger partial charge in [0, 0.05) is 11.6 Å². The summed E-state index contributed by atoms with van der Waals surface area (Å²) in [6, 6.07) is 11.1. The number of rotatable bonds is 3. The van der Waals surface area contributed by atoms with Crippen molar-refractivity contribution in [1.29, 1.82) is 0 Å². The van der Waals surface area contributed by atoms with Crippen LogP contribution in [0.15, 0.2) is 42.7 Å². The average molecular weight is 317 g/mol. The molecule has 1 N–H and O–H groups in total. The summed E-state index contributed by atoms with van der Waals surface area (Å²) < 4.78 is 16.8. The van der Waals surface area contributed by atoms with E-state index in [0.717, 1.165) is 16.6 Å². The fourth-order valence-corrected chi connectivity index (χ4v) is 2.67. The van der Waals surface area contributed by atoms with Crippen LogP contribution in [0.25, 0.3) is 11.0 Å². The van der Waals surface area contributed by atoms with Crippen molar-refractivity contribution < 1.29 is 14.2 Å². The van der Waals surface area contributed by atoms with Crippen molar-refractivity contribution in [3.8, 4) is 11.5 Å².